The van der Waals surface area contributed by atoms with Crippen LogP contribution in [0.2, 0.25) is 0 Å². The highest BCUT2D eigenvalue weighted by molar-refractivity contribution is 7.47. The lowest BCUT2D eigenvalue weighted by atomic mass is 10.2. The molecule has 5 nitrogen and oxygen atoms in total. The van der Waals surface area contributed by atoms with Crippen LogP contribution in [-0.2, 0) is 9.09 Å². The normalized spacial score (nSPS) is 10.8. The molecule has 0 aromatic carbocycles. The Morgan fingerprint density at radius 1 is 1.62 bits per heavy atom. The SMILES string of the molecule is BC(=O)OP(=O)(O)O. The Kier molecular flexibility index (Phi) is 2.21. The van der Waals surface area contributed by atoms with Crippen molar-refractivity contribution in [3.8, 4) is 0 Å². The Labute approximate surface area is 46.3 Å². The summed E-state index contributed by atoms with van der Waals surface area (Å²) in [5.74, 6) is -0.988. The zero-order valence-electron chi connectivity index (χ0n) is 4.07. The van der Waals surface area contributed by atoms with Crippen LogP contribution < -0.4 is 0 Å². The van der Waals surface area contributed by atoms with Gasteiger partial charge in [-0.1, -0.05) is 0 Å². The number of carbonyl (C=O) groups is 1. The fourth-order valence-electron chi connectivity index (χ4n) is 0.167. The van der Waals surface area contributed by atoms with Crippen LogP contribution in [0, 0.1) is 0 Å². The molecule has 0 aromatic heterocycles. The van der Waals surface area contributed by atoms with Gasteiger partial charge in [0.2, 0.25) is 7.85 Å². The van der Waals surface area contributed by atoms with Crippen molar-refractivity contribution in [2.75, 3.05) is 0 Å². The molecule has 46 valence electrons. The van der Waals surface area contributed by atoms with Crippen molar-refractivity contribution in [1.29, 1.82) is 0 Å². The standard InChI is InChI=1S/CH4BO5P/c2-1(3)7-8(4,5)6/h2H2,(H2,4,5,6). The maximum Gasteiger partial charge on any atom is 0.526 e. The predicted molar refractivity (Wildman–Crippen MR) is 27.1 cm³/mol. The molecule has 0 aliphatic carbocycles. The Morgan fingerprint density at radius 2 is 2.00 bits per heavy atom. The van der Waals surface area contributed by atoms with Crippen LogP contribution in [0.15, 0.2) is 0 Å². The van der Waals surface area contributed by atoms with Gasteiger partial charge in [0.15, 0.2) is 0 Å². The Balaban J connectivity index is 3.74. The average Bonchev–Trinajstić information content (AvgIpc) is 1.21. The predicted octanol–water partition coefficient (Wildman–Crippen LogP) is -1.15. The van der Waals surface area contributed by atoms with Gasteiger partial charge in [-0.3, -0.25) is 14.6 Å². The molecule has 0 fully saturated rings. The average molecular weight is 138 g/mol. The summed E-state index contributed by atoms with van der Waals surface area (Å²) in [6, 6.07) is 0. The highest BCUT2D eigenvalue weighted by Gasteiger charge is 2.15. The van der Waals surface area contributed by atoms with Gasteiger partial charge in [-0.05, 0) is 0 Å². The molecule has 0 spiro atoms. The lowest BCUT2D eigenvalue weighted by Gasteiger charge is -1.99. The van der Waals surface area contributed by atoms with Crippen molar-refractivity contribution in [2.45, 2.75) is 0 Å². The van der Waals surface area contributed by atoms with Crippen molar-refractivity contribution >= 4 is 21.5 Å². The van der Waals surface area contributed by atoms with Gasteiger partial charge in [-0.2, -0.15) is 0 Å². The summed E-state index contributed by atoms with van der Waals surface area (Å²) in [7, 11) is -3.66. The molecule has 0 atom stereocenters. The third-order valence-corrected chi connectivity index (χ3v) is 0.742. The molecular formula is CH4BO5P. The molecule has 0 bridgehead atoms. The lowest BCUT2D eigenvalue weighted by molar-refractivity contribution is 0.199. The fourth-order valence-corrected chi connectivity index (χ4v) is 0.502. The molecule has 0 saturated carbocycles. The van der Waals surface area contributed by atoms with Crippen molar-refractivity contribution in [3.05, 3.63) is 0 Å². The maximum atomic E-state index is 9.74. The number of phosphoric ester groups is 1. The van der Waals surface area contributed by atoms with E-state index in [9.17, 15) is 9.36 Å². The Bertz CT molecular complexity index is 135. The van der Waals surface area contributed by atoms with E-state index in [1.54, 1.807) is 0 Å². The Morgan fingerprint density at radius 3 is 2.00 bits per heavy atom. The first-order chi connectivity index (χ1) is 3.42. The van der Waals surface area contributed by atoms with E-state index in [0.29, 0.717) is 0 Å². The minimum atomic E-state index is -4.57. The van der Waals surface area contributed by atoms with Crippen LogP contribution in [0.4, 0.5) is 4.79 Å². The van der Waals surface area contributed by atoms with Crippen LogP contribution in [0.5, 0.6) is 0 Å². The van der Waals surface area contributed by atoms with Crippen molar-refractivity contribution in [3.63, 3.8) is 0 Å². The van der Waals surface area contributed by atoms with E-state index in [-0.39, 0.29) is 0 Å². The van der Waals surface area contributed by atoms with Gasteiger partial charge in [0.1, 0.15) is 0 Å². The van der Waals surface area contributed by atoms with Crippen LogP contribution in [0.1, 0.15) is 0 Å². The first kappa shape index (κ1) is 7.68. The molecule has 0 heterocycles. The number of hydrogen-bond donors (Lipinski definition) is 2. The van der Waals surface area contributed by atoms with Gasteiger partial charge in [0.25, 0.3) is 5.87 Å². The summed E-state index contributed by atoms with van der Waals surface area (Å²) in [4.78, 5) is 25.5. The second-order valence-corrected chi connectivity index (χ2v) is 2.24. The van der Waals surface area contributed by atoms with Crippen LogP contribution in [-0.4, -0.2) is 23.5 Å². The van der Waals surface area contributed by atoms with Crippen LogP contribution in [0.3, 0.4) is 0 Å². The summed E-state index contributed by atoms with van der Waals surface area (Å²) in [6.45, 7) is 0. The van der Waals surface area contributed by atoms with Gasteiger partial charge in [0, 0.05) is 0 Å². The quantitative estimate of drug-likeness (QED) is 0.352. The van der Waals surface area contributed by atoms with E-state index >= 15 is 0 Å². The Hall–Kier alpha value is -0.315. The van der Waals surface area contributed by atoms with Gasteiger partial charge < -0.3 is 4.52 Å². The summed E-state index contributed by atoms with van der Waals surface area (Å²) in [6.07, 6.45) is 0. The summed E-state index contributed by atoms with van der Waals surface area (Å²) >= 11 is 0. The van der Waals surface area contributed by atoms with Gasteiger partial charge in [-0.25, -0.2) is 4.57 Å². The third kappa shape index (κ3) is 5.68. The van der Waals surface area contributed by atoms with Crippen molar-refractivity contribution in [2.24, 2.45) is 0 Å². The highest BCUT2D eigenvalue weighted by atomic mass is 31.2. The monoisotopic (exact) mass is 138 g/mol. The molecule has 0 unspecified atom stereocenters. The largest absolute Gasteiger partial charge is 0.526 e. The van der Waals surface area contributed by atoms with Crippen LogP contribution in [0.25, 0.3) is 0 Å². The van der Waals surface area contributed by atoms with Gasteiger partial charge in [-0.15, -0.1) is 0 Å². The van der Waals surface area contributed by atoms with Crippen LogP contribution >= 0.6 is 7.82 Å². The zero-order valence-corrected chi connectivity index (χ0v) is 4.96. The molecule has 0 radical (unpaired) electrons. The smallest absolute Gasteiger partial charge is 0.381 e. The van der Waals surface area contributed by atoms with E-state index in [2.05, 4.69) is 4.52 Å². The first-order valence-electron chi connectivity index (χ1n) is 1.67. The van der Waals surface area contributed by atoms with E-state index in [4.69, 9.17) is 9.79 Å². The number of phosphoric acid groups is 1. The molecule has 0 amide bonds. The number of carbonyl (C=O) groups excluding carboxylic acids is 1. The molecule has 8 heavy (non-hydrogen) atoms. The third-order valence-electron chi connectivity index (χ3n) is 0.247. The highest BCUT2D eigenvalue weighted by Crippen LogP contribution is 2.35. The number of hydrogen-bond acceptors (Lipinski definition) is 3. The van der Waals surface area contributed by atoms with E-state index in [1.165, 1.54) is 0 Å². The van der Waals surface area contributed by atoms with Crippen molar-refractivity contribution < 1.29 is 23.7 Å². The second kappa shape index (κ2) is 2.30. The summed E-state index contributed by atoms with van der Waals surface area (Å²) in [5, 5.41) is 0. The molecule has 0 aliphatic rings. The molecule has 0 aromatic rings. The number of rotatable bonds is 1. The van der Waals surface area contributed by atoms with E-state index in [1.807, 2.05) is 0 Å². The zero-order chi connectivity index (χ0) is 6.78. The first-order valence-corrected chi connectivity index (χ1v) is 3.20. The van der Waals surface area contributed by atoms with Gasteiger partial charge >= 0.3 is 7.82 Å². The topological polar surface area (TPSA) is 83.8 Å². The summed E-state index contributed by atoms with van der Waals surface area (Å²) < 4.78 is 13.2. The van der Waals surface area contributed by atoms with E-state index < -0.39 is 13.7 Å². The summed E-state index contributed by atoms with van der Waals surface area (Å²) in [5.41, 5.74) is 0. The minimum absolute atomic E-state index is 0.916. The molecular weight excluding hydrogens is 134 g/mol. The van der Waals surface area contributed by atoms with E-state index in [0.717, 1.165) is 7.85 Å². The minimum Gasteiger partial charge on any atom is -0.381 e. The maximum absolute atomic E-state index is 9.74. The van der Waals surface area contributed by atoms with Crippen molar-refractivity contribution in [1.82, 2.24) is 0 Å². The molecule has 0 saturated heterocycles. The fraction of sp³-hybridized carbons (Fsp3) is 0. The molecule has 7 heteroatoms. The second-order valence-electron chi connectivity index (χ2n) is 1.07. The van der Waals surface area contributed by atoms with Gasteiger partial charge in [0.05, 0.1) is 0 Å². The molecule has 2 N–H and O–H groups in total. The molecule has 0 aliphatic heterocycles. The molecule has 0 rings (SSSR count). The lowest BCUT2D eigenvalue weighted by Crippen LogP contribution is -1.97.